The van der Waals surface area contributed by atoms with Gasteiger partial charge in [0.05, 0.1) is 20.5 Å². The van der Waals surface area contributed by atoms with Crippen LogP contribution in [-0.2, 0) is 16.6 Å². The number of hydrogen-bond acceptors (Lipinski definition) is 5. The van der Waals surface area contributed by atoms with Crippen LogP contribution >= 0.6 is 0 Å². The Labute approximate surface area is 120 Å². The Morgan fingerprint density at radius 2 is 1.90 bits per heavy atom. The lowest BCUT2D eigenvalue weighted by molar-refractivity contribution is 0.390. The molecule has 0 bridgehead atoms. The summed E-state index contributed by atoms with van der Waals surface area (Å²) in [5.74, 6) is 1.52. The van der Waals surface area contributed by atoms with E-state index in [2.05, 4.69) is 10.0 Å². The zero-order valence-corrected chi connectivity index (χ0v) is 12.9. The highest BCUT2D eigenvalue weighted by molar-refractivity contribution is 7.88. The molecule has 0 saturated heterocycles. The van der Waals surface area contributed by atoms with Crippen molar-refractivity contribution in [2.75, 3.05) is 33.6 Å². The van der Waals surface area contributed by atoms with Gasteiger partial charge in [0.15, 0.2) is 0 Å². The van der Waals surface area contributed by atoms with Crippen molar-refractivity contribution in [3.63, 3.8) is 0 Å². The maximum atomic E-state index is 10.9. The van der Waals surface area contributed by atoms with Crippen LogP contribution in [0.25, 0.3) is 0 Å². The second-order valence-electron chi connectivity index (χ2n) is 4.37. The number of sulfonamides is 1. The van der Waals surface area contributed by atoms with Crippen LogP contribution in [0.3, 0.4) is 0 Å². The Kier molecular flexibility index (Phi) is 6.77. The van der Waals surface area contributed by atoms with Crippen LogP contribution in [0, 0.1) is 0 Å². The number of ether oxygens (including phenoxy) is 2. The van der Waals surface area contributed by atoms with Crippen molar-refractivity contribution in [2.45, 2.75) is 13.0 Å². The zero-order valence-electron chi connectivity index (χ0n) is 12.1. The van der Waals surface area contributed by atoms with E-state index in [4.69, 9.17) is 9.47 Å². The first-order valence-electron chi connectivity index (χ1n) is 6.32. The van der Waals surface area contributed by atoms with Gasteiger partial charge in [-0.25, -0.2) is 13.1 Å². The molecule has 0 unspecified atom stereocenters. The average Bonchev–Trinajstić information content (AvgIpc) is 2.41. The summed E-state index contributed by atoms with van der Waals surface area (Å²) in [6.07, 6.45) is 1.88. The molecule has 7 heteroatoms. The topological polar surface area (TPSA) is 76.7 Å². The molecule has 0 aromatic heterocycles. The third-order valence-corrected chi connectivity index (χ3v) is 3.43. The average molecular weight is 302 g/mol. The minimum atomic E-state index is -3.09. The molecule has 6 nitrogen and oxygen atoms in total. The number of rotatable bonds is 9. The Morgan fingerprint density at radius 1 is 1.15 bits per heavy atom. The van der Waals surface area contributed by atoms with Gasteiger partial charge in [0.1, 0.15) is 11.5 Å². The van der Waals surface area contributed by atoms with E-state index in [-0.39, 0.29) is 0 Å². The number of hydrogen-bond donors (Lipinski definition) is 2. The summed E-state index contributed by atoms with van der Waals surface area (Å²) in [6.45, 7) is 1.81. The van der Waals surface area contributed by atoms with E-state index >= 15 is 0 Å². The summed E-state index contributed by atoms with van der Waals surface area (Å²) >= 11 is 0. The Hall–Kier alpha value is -1.31. The Morgan fingerprint density at radius 3 is 2.50 bits per heavy atom. The molecule has 1 rings (SSSR count). The summed E-state index contributed by atoms with van der Waals surface area (Å²) in [4.78, 5) is 0. The molecular formula is C13H22N2O4S. The molecule has 0 atom stereocenters. The van der Waals surface area contributed by atoms with E-state index in [1.54, 1.807) is 14.2 Å². The highest BCUT2D eigenvalue weighted by Gasteiger charge is 2.04. The quantitative estimate of drug-likeness (QED) is 0.658. The SMILES string of the molecule is COc1ccc(CNCCCNS(C)(=O)=O)c(OC)c1. The van der Waals surface area contributed by atoms with Crippen LogP contribution in [0.15, 0.2) is 18.2 Å². The van der Waals surface area contributed by atoms with Gasteiger partial charge in [-0.2, -0.15) is 0 Å². The summed E-state index contributed by atoms with van der Waals surface area (Å²) in [5.41, 5.74) is 1.03. The van der Waals surface area contributed by atoms with Gasteiger partial charge in [-0.15, -0.1) is 0 Å². The molecule has 0 saturated carbocycles. The molecule has 2 N–H and O–H groups in total. The molecule has 0 aliphatic carbocycles. The second kappa shape index (κ2) is 8.08. The predicted molar refractivity (Wildman–Crippen MR) is 78.7 cm³/mol. The first kappa shape index (κ1) is 16.7. The van der Waals surface area contributed by atoms with Crippen LogP contribution in [0.2, 0.25) is 0 Å². The summed E-state index contributed by atoms with van der Waals surface area (Å²) in [6, 6.07) is 5.66. The standard InChI is InChI=1S/C13H22N2O4S/c1-18-12-6-5-11(13(9-12)19-2)10-14-7-4-8-15-20(3,16)17/h5-6,9,14-15H,4,7-8,10H2,1-3H3. The summed E-state index contributed by atoms with van der Waals surface area (Å²) in [7, 11) is 0.138. The lowest BCUT2D eigenvalue weighted by Crippen LogP contribution is -2.26. The third kappa shape index (κ3) is 6.23. The molecule has 0 spiro atoms. The van der Waals surface area contributed by atoms with E-state index in [1.165, 1.54) is 0 Å². The minimum absolute atomic E-state index is 0.436. The van der Waals surface area contributed by atoms with E-state index in [0.717, 1.165) is 36.3 Å². The molecule has 20 heavy (non-hydrogen) atoms. The normalized spacial score (nSPS) is 11.3. The number of benzene rings is 1. The number of nitrogens with one attached hydrogen (secondary N) is 2. The van der Waals surface area contributed by atoms with Crippen molar-refractivity contribution in [1.82, 2.24) is 10.0 Å². The predicted octanol–water partition coefficient (Wildman–Crippen LogP) is 0.733. The zero-order chi connectivity index (χ0) is 15.0. The van der Waals surface area contributed by atoms with Gasteiger partial charge in [-0.1, -0.05) is 6.07 Å². The summed E-state index contributed by atoms with van der Waals surface area (Å²) in [5, 5.41) is 3.24. The van der Waals surface area contributed by atoms with Crippen molar-refractivity contribution < 1.29 is 17.9 Å². The molecule has 0 radical (unpaired) electrons. The van der Waals surface area contributed by atoms with Crippen molar-refractivity contribution >= 4 is 10.0 Å². The lowest BCUT2D eigenvalue weighted by Gasteiger charge is -2.11. The van der Waals surface area contributed by atoms with Crippen LogP contribution in [0.1, 0.15) is 12.0 Å². The highest BCUT2D eigenvalue weighted by Crippen LogP contribution is 2.24. The molecule has 0 fully saturated rings. The highest BCUT2D eigenvalue weighted by atomic mass is 32.2. The molecule has 0 amide bonds. The lowest BCUT2D eigenvalue weighted by atomic mass is 10.2. The van der Waals surface area contributed by atoms with Gasteiger partial charge in [-0.3, -0.25) is 0 Å². The van der Waals surface area contributed by atoms with Crippen molar-refractivity contribution in [3.8, 4) is 11.5 Å². The minimum Gasteiger partial charge on any atom is -0.497 e. The first-order valence-corrected chi connectivity index (χ1v) is 8.21. The second-order valence-corrected chi connectivity index (χ2v) is 6.21. The van der Waals surface area contributed by atoms with E-state index < -0.39 is 10.0 Å². The maximum absolute atomic E-state index is 10.9. The monoisotopic (exact) mass is 302 g/mol. The molecule has 1 aromatic carbocycles. The van der Waals surface area contributed by atoms with E-state index in [1.807, 2.05) is 18.2 Å². The molecule has 0 heterocycles. The number of methoxy groups -OCH3 is 2. The van der Waals surface area contributed by atoms with Crippen molar-refractivity contribution in [2.24, 2.45) is 0 Å². The molecule has 1 aromatic rings. The fourth-order valence-electron chi connectivity index (χ4n) is 1.69. The first-order chi connectivity index (χ1) is 9.46. The van der Waals surface area contributed by atoms with Gasteiger partial charge >= 0.3 is 0 Å². The smallest absolute Gasteiger partial charge is 0.208 e. The molecular weight excluding hydrogens is 280 g/mol. The van der Waals surface area contributed by atoms with Gasteiger partial charge in [-0.05, 0) is 19.0 Å². The van der Waals surface area contributed by atoms with Gasteiger partial charge in [0, 0.05) is 24.7 Å². The Bertz CT molecular complexity index is 517. The van der Waals surface area contributed by atoms with E-state index in [0.29, 0.717) is 13.1 Å². The van der Waals surface area contributed by atoms with Crippen molar-refractivity contribution in [1.29, 1.82) is 0 Å². The van der Waals surface area contributed by atoms with E-state index in [9.17, 15) is 8.42 Å². The van der Waals surface area contributed by atoms with Crippen LogP contribution in [-0.4, -0.2) is 42.0 Å². The fourth-order valence-corrected chi connectivity index (χ4v) is 2.21. The maximum Gasteiger partial charge on any atom is 0.208 e. The molecule has 0 aliphatic heterocycles. The van der Waals surface area contributed by atoms with Crippen molar-refractivity contribution in [3.05, 3.63) is 23.8 Å². The van der Waals surface area contributed by atoms with Gasteiger partial charge in [0.25, 0.3) is 0 Å². The Balaban J connectivity index is 2.35. The largest absolute Gasteiger partial charge is 0.497 e. The molecule has 0 aliphatic rings. The fraction of sp³-hybridized carbons (Fsp3) is 0.538. The van der Waals surface area contributed by atoms with Crippen LogP contribution < -0.4 is 19.5 Å². The van der Waals surface area contributed by atoms with Gasteiger partial charge < -0.3 is 14.8 Å². The summed E-state index contributed by atoms with van der Waals surface area (Å²) < 4.78 is 34.6. The van der Waals surface area contributed by atoms with Gasteiger partial charge in [0.2, 0.25) is 10.0 Å². The van der Waals surface area contributed by atoms with Crippen LogP contribution in [0.5, 0.6) is 11.5 Å². The van der Waals surface area contributed by atoms with Crippen LogP contribution in [0.4, 0.5) is 0 Å². The third-order valence-electron chi connectivity index (χ3n) is 2.70. The molecule has 114 valence electrons.